The summed E-state index contributed by atoms with van der Waals surface area (Å²) in [6, 6.07) is 0. The van der Waals surface area contributed by atoms with Crippen LogP contribution >= 0.6 is 10.7 Å². The summed E-state index contributed by atoms with van der Waals surface area (Å²) in [7, 11) is 0.607. The second kappa shape index (κ2) is 3.68. The summed E-state index contributed by atoms with van der Waals surface area (Å²) in [4.78, 5) is 9.74. The van der Waals surface area contributed by atoms with Crippen LogP contribution in [0.15, 0.2) is 11.9 Å². The summed E-state index contributed by atoms with van der Waals surface area (Å²) in [5.41, 5.74) is 0. The molecule has 11 heavy (non-hydrogen) atoms. The lowest BCUT2D eigenvalue weighted by Crippen LogP contribution is -1.99. The predicted octanol–water partition coefficient (Wildman–Crippen LogP) is 0.493. The zero-order valence-corrected chi connectivity index (χ0v) is 6.69. The molecule has 0 unspecified atom stereocenters. The Morgan fingerprint density at radius 2 is 2.09 bits per heavy atom. The molecule has 64 valence electrons. The van der Waals surface area contributed by atoms with Crippen LogP contribution in [-0.2, 0) is 13.8 Å². The maximum absolute atomic E-state index is 12.2. The first-order valence-electron chi connectivity index (χ1n) is 2.32. The quantitative estimate of drug-likeness (QED) is 0.534. The van der Waals surface area contributed by atoms with E-state index < -0.39 is 26.6 Å². The fourth-order valence-electron chi connectivity index (χ4n) is 0.340. The number of hydrogen-bond acceptors (Lipinski definition) is 3. The summed E-state index contributed by atoms with van der Waals surface area (Å²) >= 11 is 0. The van der Waals surface area contributed by atoms with Gasteiger partial charge in [0.2, 0.25) is 9.05 Å². The highest BCUT2D eigenvalue weighted by atomic mass is 35.7. The Bertz CT molecular complexity index is 280. The molecular weight excluding hydrogens is 199 g/mol. The molecule has 0 rings (SSSR count). The number of hydrogen-bond donors (Lipinski definition) is 1. The molecule has 0 heterocycles. The van der Waals surface area contributed by atoms with E-state index in [0.29, 0.717) is 0 Å². The van der Waals surface area contributed by atoms with Crippen LogP contribution in [0.2, 0.25) is 0 Å². The molecule has 0 aromatic carbocycles. The van der Waals surface area contributed by atoms with Crippen molar-refractivity contribution in [1.82, 2.24) is 0 Å². The standard InChI is InChI=1S/C4H4ClFO4S/c5-11(9,10)2-3(6)1-4(7)8/h1H,2H2,(H,7,8)/b3-1-. The van der Waals surface area contributed by atoms with Crippen LogP contribution in [0.25, 0.3) is 0 Å². The van der Waals surface area contributed by atoms with Crippen molar-refractivity contribution in [1.29, 1.82) is 0 Å². The highest BCUT2D eigenvalue weighted by Gasteiger charge is 2.10. The Morgan fingerprint density at radius 1 is 1.64 bits per heavy atom. The Hall–Kier alpha value is -0.620. The van der Waals surface area contributed by atoms with E-state index >= 15 is 0 Å². The second-order valence-corrected chi connectivity index (χ2v) is 4.39. The molecule has 0 saturated heterocycles. The van der Waals surface area contributed by atoms with Gasteiger partial charge in [-0.05, 0) is 0 Å². The first-order chi connectivity index (χ1) is 4.81. The van der Waals surface area contributed by atoms with Gasteiger partial charge in [0.25, 0.3) is 0 Å². The third-order valence-corrected chi connectivity index (χ3v) is 1.54. The number of aliphatic carboxylic acids is 1. The van der Waals surface area contributed by atoms with Gasteiger partial charge in [-0.25, -0.2) is 17.6 Å². The minimum atomic E-state index is -4.00. The average Bonchev–Trinajstić information content (AvgIpc) is 1.53. The van der Waals surface area contributed by atoms with Crippen molar-refractivity contribution in [2.24, 2.45) is 0 Å². The molecule has 0 radical (unpaired) electrons. The Kier molecular flexibility index (Phi) is 3.47. The molecule has 0 aromatic heterocycles. The topological polar surface area (TPSA) is 71.4 Å². The van der Waals surface area contributed by atoms with E-state index in [1.807, 2.05) is 0 Å². The third kappa shape index (κ3) is 7.27. The van der Waals surface area contributed by atoms with Crippen molar-refractivity contribution < 1.29 is 22.7 Å². The monoisotopic (exact) mass is 202 g/mol. The number of halogens is 2. The summed E-state index contributed by atoms with van der Waals surface area (Å²) in [5, 5.41) is 7.93. The van der Waals surface area contributed by atoms with Gasteiger partial charge >= 0.3 is 5.97 Å². The van der Waals surface area contributed by atoms with Gasteiger partial charge < -0.3 is 5.11 Å². The smallest absolute Gasteiger partial charge is 0.330 e. The number of carbonyl (C=O) groups is 1. The molecule has 0 aliphatic heterocycles. The molecule has 0 aliphatic rings. The van der Waals surface area contributed by atoms with E-state index in [1.54, 1.807) is 0 Å². The normalized spacial score (nSPS) is 13.1. The van der Waals surface area contributed by atoms with E-state index in [9.17, 15) is 17.6 Å². The van der Waals surface area contributed by atoms with Crippen molar-refractivity contribution in [3.05, 3.63) is 11.9 Å². The van der Waals surface area contributed by atoms with Gasteiger partial charge in [-0.2, -0.15) is 0 Å². The maximum Gasteiger partial charge on any atom is 0.330 e. The van der Waals surface area contributed by atoms with Crippen molar-refractivity contribution in [3.8, 4) is 0 Å². The van der Waals surface area contributed by atoms with Crippen LogP contribution < -0.4 is 0 Å². The van der Waals surface area contributed by atoms with Crippen molar-refractivity contribution in [2.45, 2.75) is 0 Å². The van der Waals surface area contributed by atoms with Crippen LogP contribution in [0.4, 0.5) is 4.39 Å². The Labute approximate surface area is 66.7 Å². The van der Waals surface area contributed by atoms with Crippen molar-refractivity contribution in [2.75, 3.05) is 5.75 Å². The summed E-state index contributed by atoms with van der Waals surface area (Å²) in [6.07, 6.45) is 0.139. The van der Waals surface area contributed by atoms with Gasteiger partial charge in [-0.15, -0.1) is 0 Å². The zero-order chi connectivity index (χ0) is 9.07. The predicted molar refractivity (Wildman–Crippen MR) is 36.5 cm³/mol. The van der Waals surface area contributed by atoms with Crippen LogP contribution in [0, 0.1) is 0 Å². The summed E-state index contributed by atoms with van der Waals surface area (Å²) in [5.74, 6) is -3.95. The number of carboxylic acid groups (broad SMARTS) is 1. The molecule has 0 saturated carbocycles. The van der Waals surface area contributed by atoms with Gasteiger partial charge in [-0.1, -0.05) is 0 Å². The molecule has 0 atom stereocenters. The highest BCUT2D eigenvalue weighted by Crippen LogP contribution is 2.05. The van der Waals surface area contributed by atoms with Gasteiger partial charge in [0, 0.05) is 10.7 Å². The van der Waals surface area contributed by atoms with E-state index in [0.717, 1.165) is 0 Å². The minimum absolute atomic E-state index is 0.139. The summed E-state index contributed by atoms with van der Waals surface area (Å²) < 4.78 is 32.4. The molecule has 0 fully saturated rings. The molecule has 0 aromatic rings. The van der Waals surface area contributed by atoms with Gasteiger partial charge in [0.15, 0.2) is 0 Å². The SMILES string of the molecule is O=C(O)/C=C(\F)CS(=O)(=O)Cl. The molecule has 1 N–H and O–H groups in total. The van der Waals surface area contributed by atoms with E-state index in [-0.39, 0.29) is 6.08 Å². The lowest BCUT2D eigenvalue weighted by Gasteiger charge is -1.89. The highest BCUT2D eigenvalue weighted by molar-refractivity contribution is 8.13. The van der Waals surface area contributed by atoms with E-state index in [1.165, 1.54) is 0 Å². The van der Waals surface area contributed by atoms with Crippen LogP contribution in [0.5, 0.6) is 0 Å². The fourth-order valence-corrected chi connectivity index (χ4v) is 1.07. The maximum atomic E-state index is 12.2. The fraction of sp³-hybridized carbons (Fsp3) is 0.250. The number of carboxylic acids is 1. The molecule has 0 spiro atoms. The summed E-state index contributed by atoms with van der Waals surface area (Å²) in [6.45, 7) is 0. The largest absolute Gasteiger partial charge is 0.478 e. The second-order valence-electron chi connectivity index (χ2n) is 1.61. The molecule has 0 aliphatic carbocycles. The van der Waals surface area contributed by atoms with Gasteiger partial charge in [-0.3, -0.25) is 0 Å². The van der Waals surface area contributed by atoms with Gasteiger partial charge in [0.05, 0.1) is 6.08 Å². The van der Waals surface area contributed by atoms with Crippen LogP contribution in [0.1, 0.15) is 0 Å². The van der Waals surface area contributed by atoms with E-state index in [2.05, 4.69) is 10.7 Å². The van der Waals surface area contributed by atoms with Crippen molar-refractivity contribution >= 4 is 25.7 Å². The van der Waals surface area contributed by atoms with Crippen LogP contribution in [-0.4, -0.2) is 25.2 Å². The lowest BCUT2D eigenvalue weighted by atomic mass is 10.5. The first-order valence-corrected chi connectivity index (χ1v) is 4.80. The lowest BCUT2D eigenvalue weighted by molar-refractivity contribution is -0.131. The Morgan fingerprint density at radius 3 is 2.36 bits per heavy atom. The zero-order valence-electron chi connectivity index (χ0n) is 5.12. The average molecular weight is 203 g/mol. The number of rotatable bonds is 3. The first kappa shape index (κ1) is 10.4. The third-order valence-electron chi connectivity index (χ3n) is 0.590. The minimum Gasteiger partial charge on any atom is -0.478 e. The van der Waals surface area contributed by atoms with E-state index in [4.69, 9.17) is 5.11 Å². The molecule has 0 amide bonds. The molecule has 4 nitrogen and oxygen atoms in total. The Balaban J connectivity index is 4.31. The molecule has 0 bridgehead atoms. The van der Waals surface area contributed by atoms with Crippen LogP contribution in [0.3, 0.4) is 0 Å². The molecular formula is C4H4ClFO4S. The van der Waals surface area contributed by atoms with Gasteiger partial charge in [0.1, 0.15) is 11.6 Å². The van der Waals surface area contributed by atoms with Crippen molar-refractivity contribution in [3.63, 3.8) is 0 Å². The molecule has 7 heteroatoms.